The Morgan fingerprint density at radius 2 is 1.77 bits per heavy atom. The molecule has 0 unspecified atom stereocenters. The van der Waals surface area contributed by atoms with Gasteiger partial charge in [0, 0.05) is 27.8 Å². The number of phenols is 1. The zero-order chi connectivity index (χ0) is 19.3. The average molecular weight is 372 g/mol. The van der Waals surface area contributed by atoms with Crippen LogP contribution in [0.3, 0.4) is 0 Å². The molecule has 3 N–H and O–H groups in total. The number of fused-ring (bicyclic) bond motifs is 1. The van der Waals surface area contributed by atoms with Gasteiger partial charge >= 0.3 is 0 Å². The lowest BCUT2D eigenvalue weighted by atomic mass is 9.84. The standard InChI is InChI=1S/C20H24N2O3S/c1-12-8-13(10-16(19(12)23)20(2,3)4)18-11-14-9-15(22-26(5,24)25)6-7-17(14)21-18/h6-11,21-23H,1-5H3. The van der Waals surface area contributed by atoms with Gasteiger partial charge in [-0.2, -0.15) is 0 Å². The number of H-pyrrole nitrogens is 1. The molecule has 0 bridgehead atoms. The van der Waals surface area contributed by atoms with Crippen molar-refractivity contribution in [3.05, 3.63) is 47.5 Å². The van der Waals surface area contributed by atoms with E-state index >= 15 is 0 Å². The lowest BCUT2D eigenvalue weighted by Gasteiger charge is -2.22. The highest BCUT2D eigenvalue weighted by Gasteiger charge is 2.21. The van der Waals surface area contributed by atoms with E-state index < -0.39 is 10.0 Å². The molecule has 26 heavy (non-hydrogen) atoms. The maximum Gasteiger partial charge on any atom is 0.229 e. The van der Waals surface area contributed by atoms with E-state index in [-0.39, 0.29) is 5.41 Å². The Hall–Kier alpha value is -2.47. The fourth-order valence-corrected chi connectivity index (χ4v) is 3.63. The number of nitrogens with one attached hydrogen (secondary N) is 2. The summed E-state index contributed by atoms with van der Waals surface area (Å²) in [5.41, 5.74) is 4.90. The number of sulfonamides is 1. The number of phenolic OH excluding ortho intramolecular Hbond substituents is 1. The number of hydrogen-bond donors (Lipinski definition) is 3. The summed E-state index contributed by atoms with van der Waals surface area (Å²) < 4.78 is 25.3. The van der Waals surface area contributed by atoms with Crippen LogP contribution in [0, 0.1) is 6.92 Å². The van der Waals surface area contributed by atoms with Gasteiger partial charge in [0.1, 0.15) is 5.75 Å². The Labute approximate surface area is 154 Å². The Balaban J connectivity index is 2.10. The molecule has 0 amide bonds. The van der Waals surface area contributed by atoms with Crippen molar-refractivity contribution in [3.8, 4) is 17.0 Å². The van der Waals surface area contributed by atoms with Gasteiger partial charge in [0.25, 0.3) is 0 Å². The Bertz CT molecular complexity index is 1090. The molecule has 138 valence electrons. The molecule has 6 heteroatoms. The molecular weight excluding hydrogens is 348 g/mol. The molecule has 0 aliphatic carbocycles. The van der Waals surface area contributed by atoms with E-state index in [0.29, 0.717) is 11.4 Å². The highest BCUT2D eigenvalue weighted by Crippen LogP contribution is 2.37. The second kappa shape index (κ2) is 6.06. The third-order valence-electron chi connectivity index (χ3n) is 4.34. The van der Waals surface area contributed by atoms with Crippen LogP contribution in [0.2, 0.25) is 0 Å². The summed E-state index contributed by atoms with van der Waals surface area (Å²) in [6.07, 6.45) is 1.13. The van der Waals surface area contributed by atoms with E-state index in [1.807, 2.05) is 31.2 Å². The molecular formula is C20H24N2O3S. The number of benzene rings is 2. The van der Waals surface area contributed by atoms with Crippen molar-refractivity contribution in [1.29, 1.82) is 0 Å². The number of rotatable bonds is 3. The summed E-state index contributed by atoms with van der Waals surface area (Å²) in [6.45, 7) is 8.10. The number of aromatic hydroxyl groups is 1. The highest BCUT2D eigenvalue weighted by molar-refractivity contribution is 7.92. The number of anilines is 1. The van der Waals surface area contributed by atoms with Crippen LogP contribution in [0.15, 0.2) is 36.4 Å². The van der Waals surface area contributed by atoms with E-state index in [4.69, 9.17) is 0 Å². The van der Waals surface area contributed by atoms with E-state index in [9.17, 15) is 13.5 Å². The van der Waals surface area contributed by atoms with Crippen LogP contribution in [-0.4, -0.2) is 24.8 Å². The van der Waals surface area contributed by atoms with Crippen molar-refractivity contribution in [3.63, 3.8) is 0 Å². The molecule has 0 saturated heterocycles. The molecule has 0 saturated carbocycles. The second-order valence-electron chi connectivity index (χ2n) is 7.80. The predicted molar refractivity (Wildman–Crippen MR) is 107 cm³/mol. The van der Waals surface area contributed by atoms with Crippen LogP contribution in [0.1, 0.15) is 31.9 Å². The zero-order valence-corrected chi connectivity index (χ0v) is 16.5. The van der Waals surface area contributed by atoms with Crippen LogP contribution in [0.25, 0.3) is 22.2 Å². The first kappa shape index (κ1) is 18.3. The smallest absolute Gasteiger partial charge is 0.229 e. The normalized spacial score (nSPS) is 12.5. The number of aromatic nitrogens is 1. The van der Waals surface area contributed by atoms with Gasteiger partial charge < -0.3 is 10.1 Å². The minimum atomic E-state index is -3.31. The first-order chi connectivity index (χ1) is 11.9. The van der Waals surface area contributed by atoms with Crippen LogP contribution in [-0.2, 0) is 15.4 Å². The molecule has 0 fully saturated rings. The summed E-state index contributed by atoms with van der Waals surface area (Å²) >= 11 is 0. The topological polar surface area (TPSA) is 82.2 Å². The van der Waals surface area contributed by atoms with Crippen LogP contribution < -0.4 is 4.72 Å². The van der Waals surface area contributed by atoms with Gasteiger partial charge in [-0.15, -0.1) is 0 Å². The fourth-order valence-electron chi connectivity index (χ4n) is 3.07. The summed E-state index contributed by atoms with van der Waals surface area (Å²) in [5.74, 6) is 0.331. The summed E-state index contributed by atoms with van der Waals surface area (Å²) in [5, 5.41) is 11.3. The molecule has 5 nitrogen and oxygen atoms in total. The van der Waals surface area contributed by atoms with Crippen LogP contribution >= 0.6 is 0 Å². The summed E-state index contributed by atoms with van der Waals surface area (Å²) in [6, 6.07) is 11.3. The van der Waals surface area contributed by atoms with Gasteiger partial charge in [-0.3, -0.25) is 4.72 Å². The van der Waals surface area contributed by atoms with E-state index in [2.05, 4.69) is 30.5 Å². The maximum absolute atomic E-state index is 11.4. The highest BCUT2D eigenvalue weighted by atomic mass is 32.2. The molecule has 3 rings (SSSR count). The monoisotopic (exact) mass is 372 g/mol. The summed E-state index contributed by atoms with van der Waals surface area (Å²) in [4.78, 5) is 3.37. The number of hydrogen-bond acceptors (Lipinski definition) is 3. The maximum atomic E-state index is 11.4. The lowest BCUT2D eigenvalue weighted by molar-refractivity contribution is 0.443. The minimum Gasteiger partial charge on any atom is -0.507 e. The van der Waals surface area contributed by atoms with E-state index in [1.54, 1.807) is 12.1 Å². The van der Waals surface area contributed by atoms with Crippen molar-refractivity contribution < 1.29 is 13.5 Å². The first-order valence-electron chi connectivity index (χ1n) is 8.39. The van der Waals surface area contributed by atoms with Gasteiger partial charge in [-0.05, 0) is 59.9 Å². The summed E-state index contributed by atoms with van der Waals surface area (Å²) in [7, 11) is -3.31. The Morgan fingerprint density at radius 1 is 1.08 bits per heavy atom. The number of aromatic amines is 1. The van der Waals surface area contributed by atoms with Crippen LogP contribution in [0.5, 0.6) is 5.75 Å². The SMILES string of the molecule is Cc1cc(-c2cc3cc(NS(C)(=O)=O)ccc3[nH]2)cc(C(C)(C)C)c1O. The van der Waals surface area contributed by atoms with Crippen LogP contribution in [0.4, 0.5) is 5.69 Å². The Kier molecular flexibility index (Phi) is 4.27. The molecule has 0 aliphatic rings. The molecule has 0 radical (unpaired) electrons. The molecule has 3 aromatic rings. The molecule has 0 atom stereocenters. The third kappa shape index (κ3) is 3.70. The predicted octanol–water partition coefficient (Wildman–Crippen LogP) is 4.52. The minimum absolute atomic E-state index is 0.177. The zero-order valence-electron chi connectivity index (χ0n) is 15.6. The van der Waals surface area contributed by atoms with Crippen molar-refractivity contribution >= 4 is 26.6 Å². The quantitative estimate of drug-likeness (QED) is 0.632. The molecule has 2 aromatic carbocycles. The van der Waals surface area contributed by atoms with Gasteiger partial charge in [0.2, 0.25) is 10.0 Å². The van der Waals surface area contributed by atoms with Crippen molar-refractivity contribution in [2.75, 3.05) is 11.0 Å². The first-order valence-corrected chi connectivity index (χ1v) is 10.3. The third-order valence-corrected chi connectivity index (χ3v) is 4.95. The average Bonchev–Trinajstić information content (AvgIpc) is 2.90. The van der Waals surface area contributed by atoms with E-state index in [1.165, 1.54) is 0 Å². The lowest BCUT2D eigenvalue weighted by Crippen LogP contribution is -2.12. The molecule has 1 aromatic heterocycles. The van der Waals surface area contributed by atoms with Crippen molar-refractivity contribution in [2.45, 2.75) is 33.1 Å². The molecule has 0 spiro atoms. The molecule has 0 aliphatic heterocycles. The Morgan fingerprint density at radius 3 is 2.38 bits per heavy atom. The van der Waals surface area contributed by atoms with Crippen molar-refractivity contribution in [2.24, 2.45) is 0 Å². The molecule has 1 heterocycles. The van der Waals surface area contributed by atoms with Gasteiger partial charge in [0.15, 0.2) is 0 Å². The van der Waals surface area contributed by atoms with Gasteiger partial charge in [-0.25, -0.2) is 8.42 Å². The van der Waals surface area contributed by atoms with Gasteiger partial charge in [0.05, 0.1) is 6.26 Å². The number of aryl methyl sites for hydroxylation is 1. The van der Waals surface area contributed by atoms with Gasteiger partial charge in [-0.1, -0.05) is 20.8 Å². The van der Waals surface area contributed by atoms with E-state index in [0.717, 1.165) is 39.5 Å². The largest absolute Gasteiger partial charge is 0.507 e. The van der Waals surface area contributed by atoms with Crippen molar-refractivity contribution in [1.82, 2.24) is 4.98 Å². The second-order valence-corrected chi connectivity index (χ2v) is 9.55. The fraction of sp³-hybridized carbons (Fsp3) is 0.300.